The van der Waals surface area contributed by atoms with E-state index in [4.69, 9.17) is 14.6 Å². The second-order valence-electron chi connectivity index (χ2n) is 4.65. The van der Waals surface area contributed by atoms with Crippen molar-refractivity contribution in [2.75, 3.05) is 19.8 Å². The van der Waals surface area contributed by atoms with E-state index in [1.807, 2.05) is 0 Å². The Bertz CT molecular complexity index is 536. The first-order valence-corrected chi connectivity index (χ1v) is 6.53. The molecule has 21 heavy (non-hydrogen) atoms. The van der Waals surface area contributed by atoms with E-state index < -0.39 is 29.8 Å². The number of ether oxygens (including phenoxy) is 2. The minimum absolute atomic E-state index is 0.0431. The van der Waals surface area contributed by atoms with Crippen molar-refractivity contribution in [1.29, 1.82) is 0 Å². The summed E-state index contributed by atoms with van der Waals surface area (Å²) in [6.07, 6.45) is -0.984. The Morgan fingerprint density at radius 1 is 1.48 bits per heavy atom. The molecule has 1 aliphatic heterocycles. The number of hydrogen-bond donors (Lipinski definition) is 1. The number of nitrogens with zero attached hydrogens (tertiary/aromatic N) is 1. The fourth-order valence-electron chi connectivity index (χ4n) is 2.09. The van der Waals surface area contributed by atoms with Crippen LogP contribution in [0.1, 0.15) is 6.92 Å². The number of aliphatic carboxylic acids is 1. The highest BCUT2D eigenvalue weighted by Crippen LogP contribution is 2.18. The first-order valence-electron chi connectivity index (χ1n) is 6.53. The molecule has 2 atom stereocenters. The number of benzene rings is 1. The van der Waals surface area contributed by atoms with E-state index >= 15 is 0 Å². The Kier molecular flexibility index (Phi) is 4.74. The molecule has 0 spiro atoms. The molecular weight excluding hydrogens is 281 g/mol. The summed E-state index contributed by atoms with van der Waals surface area (Å²) in [6.45, 7) is 1.83. The third-order valence-electron chi connectivity index (χ3n) is 3.18. The van der Waals surface area contributed by atoms with Gasteiger partial charge in [-0.3, -0.25) is 4.79 Å². The maximum Gasteiger partial charge on any atom is 0.328 e. The van der Waals surface area contributed by atoms with Gasteiger partial charge in [0.25, 0.3) is 5.91 Å². The van der Waals surface area contributed by atoms with Gasteiger partial charge < -0.3 is 19.5 Å². The van der Waals surface area contributed by atoms with Crippen molar-refractivity contribution in [3.63, 3.8) is 0 Å². The maximum absolute atomic E-state index is 13.5. The number of halogens is 1. The Morgan fingerprint density at radius 3 is 2.86 bits per heavy atom. The summed E-state index contributed by atoms with van der Waals surface area (Å²) in [5, 5.41) is 9.10. The van der Waals surface area contributed by atoms with Crippen molar-refractivity contribution in [3.05, 3.63) is 30.1 Å². The predicted octanol–water partition coefficient (Wildman–Crippen LogP) is 0.905. The molecule has 0 aromatic heterocycles. The summed E-state index contributed by atoms with van der Waals surface area (Å²) in [5.74, 6) is -2.26. The van der Waals surface area contributed by atoms with Crippen LogP contribution in [0.4, 0.5) is 4.39 Å². The van der Waals surface area contributed by atoms with Gasteiger partial charge in [0.2, 0.25) is 0 Å². The Balaban J connectivity index is 2.07. The van der Waals surface area contributed by atoms with Gasteiger partial charge >= 0.3 is 5.97 Å². The molecule has 2 unspecified atom stereocenters. The maximum atomic E-state index is 13.5. The Labute approximate surface area is 121 Å². The van der Waals surface area contributed by atoms with Crippen molar-refractivity contribution < 1.29 is 28.6 Å². The van der Waals surface area contributed by atoms with Gasteiger partial charge in [0, 0.05) is 6.54 Å². The predicted molar refractivity (Wildman–Crippen MR) is 70.4 cm³/mol. The van der Waals surface area contributed by atoms with Crippen molar-refractivity contribution in [2.24, 2.45) is 0 Å². The molecule has 0 saturated carbocycles. The van der Waals surface area contributed by atoms with Crippen LogP contribution in [0.3, 0.4) is 0 Å². The zero-order chi connectivity index (χ0) is 15.4. The minimum Gasteiger partial charge on any atom is -0.480 e. The third-order valence-corrected chi connectivity index (χ3v) is 3.18. The smallest absolute Gasteiger partial charge is 0.328 e. The number of carbonyl (C=O) groups excluding carboxylic acids is 1. The highest BCUT2D eigenvalue weighted by atomic mass is 19.1. The van der Waals surface area contributed by atoms with E-state index in [2.05, 4.69) is 0 Å². The minimum atomic E-state index is -1.14. The molecule has 1 heterocycles. The fraction of sp³-hybridized carbons (Fsp3) is 0.429. The molecule has 0 bridgehead atoms. The van der Waals surface area contributed by atoms with Crippen LogP contribution < -0.4 is 4.74 Å². The topological polar surface area (TPSA) is 76.1 Å². The van der Waals surface area contributed by atoms with E-state index in [9.17, 15) is 14.0 Å². The van der Waals surface area contributed by atoms with Gasteiger partial charge in [0.05, 0.1) is 13.2 Å². The molecule has 0 aliphatic carbocycles. The molecule has 0 radical (unpaired) electrons. The van der Waals surface area contributed by atoms with Crippen LogP contribution in [-0.4, -0.2) is 53.8 Å². The average Bonchev–Trinajstić information content (AvgIpc) is 2.48. The van der Waals surface area contributed by atoms with E-state index in [0.717, 1.165) is 0 Å². The Hall–Kier alpha value is -2.15. The Morgan fingerprint density at radius 2 is 2.19 bits per heavy atom. The molecule has 1 amide bonds. The lowest BCUT2D eigenvalue weighted by molar-refractivity contribution is -0.161. The summed E-state index contributed by atoms with van der Waals surface area (Å²) in [4.78, 5) is 24.6. The zero-order valence-electron chi connectivity index (χ0n) is 11.5. The van der Waals surface area contributed by atoms with Gasteiger partial charge in [-0.05, 0) is 19.1 Å². The van der Waals surface area contributed by atoms with Crippen molar-refractivity contribution in [2.45, 2.75) is 19.1 Å². The largest absolute Gasteiger partial charge is 0.480 e. The molecule has 6 nitrogen and oxygen atoms in total. The number of carbonyl (C=O) groups is 2. The van der Waals surface area contributed by atoms with E-state index in [0.29, 0.717) is 0 Å². The lowest BCUT2D eigenvalue weighted by Crippen LogP contribution is -2.55. The molecule has 7 heteroatoms. The monoisotopic (exact) mass is 297 g/mol. The third kappa shape index (κ3) is 3.49. The number of para-hydroxylation sites is 1. The lowest BCUT2D eigenvalue weighted by Gasteiger charge is -2.34. The molecule has 1 fully saturated rings. The molecule has 1 saturated heterocycles. The average molecular weight is 297 g/mol. The fourth-order valence-corrected chi connectivity index (χ4v) is 2.09. The van der Waals surface area contributed by atoms with Crippen molar-refractivity contribution in [1.82, 2.24) is 4.90 Å². The lowest BCUT2D eigenvalue weighted by atomic mass is 10.2. The summed E-state index contributed by atoms with van der Waals surface area (Å²) < 4.78 is 23.9. The van der Waals surface area contributed by atoms with Crippen molar-refractivity contribution >= 4 is 11.9 Å². The first kappa shape index (κ1) is 15.2. The van der Waals surface area contributed by atoms with Crippen LogP contribution in [0.25, 0.3) is 0 Å². The van der Waals surface area contributed by atoms with Crippen LogP contribution in [0.15, 0.2) is 24.3 Å². The SMILES string of the molecule is CC(Oc1ccccc1F)C(=O)N1CCOCC1C(=O)O. The van der Waals surface area contributed by atoms with Gasteiger partial charge in [0.15, 0.2) is 23.7 Å². The molecule has 1 aliphatic rings. The second-order valence-corrected chi connectivity index (χ2v) is 4.65. The van der Waals surface area contributed by atoms with Crippen molar-refractivity contribution in [3.8, 4) is 5.75 Å². The molecular formula is C14H16FNO5. The number of hydrogen-bond acceptors (Lipinski definition) is 4. The molecule has 1 N–H and O–H groups in total. The van der Waals surface area contributed by atoms with Gasteiger partial charge in [-0.25, -0.2) is 9.18 Å². The summed E-state index contributed by atoms with van der Waals surface area (Å²) in [7, 11) is 0. The summed E-state index contributed by atoms with van der Waals surface area (Å²) in [5.41, 5.74) is 0. The van der Waals surface area contributed by atoms with Gasteiger partial charge in [0.1, 0.15) is 0 Å². The standard InChI is InChI=1S/C14H16FNO5/c1-9(21-12-5-3-2-4-10(12)15)13(17)16-6-7-20-8-11(16)14(18)19/h2-5,9,11H,6-8H2,1H3,(H,18,19). The second kappa shape index (κ2) is 6.53. The normalized spacial score (nSPS) is 19.9. The zero-order valence-corrected chi connectivity index (χ0v) is 11.5. The first-order chi connectivity index (χ1) is 10.0. The highest BCUT2D eigenvalue weighted by Gasteiger charge is 2.35. The quantitative estimate of drug-likeness (QED) is 0.894. The number of morpholine rings is 1. The number of carboxylic acid groups (broad SMARTS) is 1. The van der Waals surface area contributed by atoms with Gasteiger partial charge in [-0.1, -0.05) is 12.1 Å². The van der Waals surface area contributed by atoms with E-state index in [1.165, 1.54) is 30.0 Å². The summed E-state index contributed by atoms with van der Waals surface area (Å²) >= 11 is 0. The van der Waals surface area contributed by atoms with Crippen LogP contribution in [-0.2, 0) is 14.3 Å². The molecule has 1 aromatic rings. The van der Waals surface area contributed by atoms with Crippen LogP contribution in [0.5, 0.6) is 5.75 Å². The molecule has 114 valence electrons. The molecule has 1 aromatic carbocycles. The van der Waals surface area contributed by atoms with E-state index in [1.54, 1.807) is 6.07 Å². The number of rotatable bonds is 4. The van der Waals surface area contributed by atoms with Gasteiger partial charge in [-0.2, -0.15) is 0 Å². The number of carboxylic acids is 1. The van der Waals surface area contributed by atoms with Crippen LogP contribution >= 0.6 is 0 Å². The molecule has 2 rings (SSSR count). The van der Waals surface area contributed by atoms with E-state index in [-0.39, 0.29) is 25.5 Å². The summed E-state index contributed by atoms with van der Waals surface area (Å²) in [6, 6.07) is 4.69. The van der Waals surface area contributed by atoms with Crippen LogP contribution in [0.2, 0.25) is 0 Å². The van der Waals surface area contributed by atoms with Crippen LogP contribution in [0, 0.1) is 5.82 Å². The number of amides is 1. The highest BCUT2D eigenvalue weighted by molar-refractivity contribution is 5.86. The van der Waals surface area contributed by atoms with Gasteiger partial charge in [-0.15, -0.1) is 0 Å².